The number of carboxylic acid groups (broad SMARTS) is 1. The average molecular weight is 523 g/mol. The number of hydrogen-bond acceptors (Lipinski definition) is 6. The summed E-state index contributed by atoms with van der Waals surface area (Å²) in [4.78, 5) is 31.0. The molecule has 1 N–H and O–H groups in total. The maximum Gasteiger partial charge on any atom is 0.490 e. The minimum Gasteiger partial charge on any atom is -0.475 e. The van der Waals surface area contributed by atoms with Crippen molar-refractivity contribution in [3.63, 3.8) is 0 Å². The highest BCUT2D eigenvalue weighted by atomic mass is 32.1. The van der Waals surface area contributed by atoms with Gasteiger partial charge in [0, 0.05) is 39.1 Å². The lowest BCUT2D eigenvalue weighted by Gasteiger charge is -2.47. The third kappa shape index (κ3) is 4.96. The van der Waals surface area contributed by atoms with Gasteiger partial charge in [0.2, 0.25) is 5.91 Å². The van der Waals surface area contributed by atoms with E-state index in [0.717, 1.165) is 36.6 Å². The summed E-state index contributed by atoms with van der Waals surface area (Å²) in [5.74, 6) is -1.62. The molecule has 192 valence electrons. The van der Waals surface area contributed by atoms with Crippen LogP contribution in [-0.4, -0.2) is 71.0 Å². The number of aliphatic carboxylic acids is 1. The molecule has 1 amide bonds. The van der Waals surface area contributed by atoms with Crippen LogP contribution in [0.4, 0.5) is 18.9 Å². The SMILES string of the molecule is COCCN1c2cccnc2-n2cccc2C12CCN(C(=O)Cc1ccsc1)C2.O=C(O)C(F)(F)F. The highest BCUT2D eigenvalue weighted by Gasteiger charge is 2.50. The maximum absolute atomic E-state index is 13.0. The predicted molar refractivity (Wildman–Crippen MR) is 127 cm³/mol. The Kier molecular flexibility index (Phi) is 7.36. The van der Waals surface area contributed by atoms with E-state index in [1.807, 2.05) is 28.6 Å². The number of thiophene rings is 1. The Balaban J connectivity index is 0.000000384. The van der Waals surface area contributed by atoms with E-state index in [2.05, 4.69) is 44.2 Å². The van der Waals surface area contributed by atoms with Crippen LogP contribution in [0.25, 0.3) is 5.82 Å². The van der Waals surface area contributed by atoms with E-state index in [1.165, 1.54) is 5.69 Å². The van der Waals surface area contributed by atoms with Gasteiger partial charge in [-0.05, 0) is 53.1 Å². The van der Waals surface area contributed by atoms with E-state index in [1.54, 1.807) is 18.4 Å². The third-order valence-corrected chi connectivity index (χ3v) is 7.06. The van der Waals surface area contributed by atoms with Crippen LogP contribution in [-0.2, 0) is 26.3 Å². The van der Waals surface area contributed by atoms with Crippen molar-refractivity contribution in [2.45, 2.75) is 24.6 Å². The number of ether oxygens (including phenoxy) is 1. The quantitative estimate of drug-likeness (QED) is 0.550. The van der Waals surface area contributed by atoms with Crippen molar-refractivity contribution in [3.05, 3.63) is 64.7 Å². The highest BCUT2D eigenvalue weighted by Crippen LogP contribution is 2.46. The molecule has 3 aromatic rings. The van der Waals surface area contributed by atoms with Crippen molar-refractivity contribution in [2.75, 3.05) is 38.3 Å². The number of pyridine rings is 1. The number of carbonyl (C=O) groups excluding carboxylic acids is 1. The fraction of sp³-hybridized carbons (Fsp3) is 0.375. The van der Waals surface area contributed by atoms with Gasteiger partial charge in [-0.15, -0.1) is 0 Å². The first-order valence-electron chi connectivity index (χ1n) is 11.2. The number of methoxy groups -OCH3 is 1. The molecule has 2 aliphatic rings. The van der Waals surface area contributed by atoms with Gasteiger partial charge in [-0.2, -0.15) is 24.5 Å². The summed E-state index contributed by atoms with van der Waals surface area (Å²) in [5, 5.41) is 11.2. The van der Waals surface area contributed by atoms with Crippen LogP contribution in [0.2, 0.25) is 0 Å². The van der Waals surface area contributed by atoms with Crippen molar-refractivity contribution >= 4 is 28.9 Å². The molecule has 0 bridgehead atoms. The Hall–Kier alpha value is -3.38. The lowest BCUT2D eigenvalue weighted by Crippen LogP contribution is -2.53. The number of aromatic nitrogens is 2. The van der Waals surface area contributed by atoms with Gasteiger partial charge in [-0.3, -0.25) is 4.79 Å². The largest absolute Gasteiger partial charge is 0.490 e. The molecule has 0 radical (unpaired) electrons. The zero-order chi connectivity index (χ0) is 25.9. The van der Waals surface area contributed by atoms with Crippen molar-refractivity contribution in [3.8, 4) is 5.82 Å². The molecule has 3 aromatic heterocycles. The van der Waals surface area contributed by atoms with E-state index >= 15 is 0 Å². The van der Waals surface area contributed by atoms with Crippen molar-refractivity contribution in [1.29, 1.82) is 0 Å². The Morgan fingerprint density at radius 1 is 1.25 bits per heavy atom. The number of carbonyl (C=O) groups is 2. The molecule has 5 heterocycles. The zero-order valence-electron chi connectivity index (χ0n) is 19.4. The van der Waals surface area contributed by atoms with Gasteiger partial charge in [-0.25, -0.2) is 9.78 Å². The first-order chi connectivity index (χ1) is 17.2. The molecule has 1 saturated heterocycles. The number of amides is 1. The smallest absolute Gasteiger partial charge is 0.475 e. The Morgan fingerprint density at radius 2 is 2.03 bits per heavy atom. The molecule has 8 nitrogen and oxygen atoms in total. The maximum atomic E-state index is 13.0. The van der Waals surface area contributed by atoms with E-state index in [4.69, 9.17) is 14.6 Å². The van der Waals surface area contributed by atoms with Crippen molar-refractivity contribution in [1.82, 2.24) is 14.5 Å². The van der Waals surface area contributed by atoms with Crippen LogP contribution < -0.4 is 4.90 Å². The second-order valence-corrected chi connectivity index (χ2v) is 9.24. The van der Waals surface area contributed by atoms with Crippen molar-refractivity contribution < 1.29 is 32.6 Å². The molecule has 12 heteroatoms. The summed E-state index contributed by atoms with van der Waals surface area (Å²) in [6.07, 6.45) is 0.189. The number of halogens is 3. The molecule has 5 rings (SSSR count). The van der Waals surface area contributed by atoms with Crippen LogP contribution in [0.5, 0.6) is 0 Å². The fourth-order valence-corrected chi connectivity index (χ4v) is 5.40. The van der Waals surface area contributed by atoms with Gasteiger partial charge in [0.15, 0.2) is 5.82 Å². The van der Waals surface area contributed by atoms with Crippen LogP contribution in [0, 0.1) is 0 Å². The first kappa shape index (κ1) is 25.7. The van der Waals surface area contributed by atoms with E-state index < -0.39 is 12.1 Å². The molecule has 1 unspecified atom stereocenters. The fourth-order valence-electron chi connectivity index (χ4n) is 4.73. The number of hydrogen-bond donors (Lipinski definition) is 1. The van der Waals surface area contributed by atoms with Gasteiger partial charge < -0.3 is 24.2 Å². The highest BCUT2D eigenvalue weighted by molar-refractivity contribution is 7.08. The molecule has 1 atom stereocenters. The topological polar surface area (TPSA) is 87.9 Å². The van der Waals surface area contributed by atoms with Crippen LogP contribution in [0.15, 0.2) is 53.5 Å². The first-order valence-corrected chi connectivity index (χ1v) is 12.1. The number of nitrogens with zero attached hydrogens (tertiary/aromatic N) is 4. The Bertz CT molecular complexity index is 1210. The number of likely N-dealkylation sites (tertiary alicyclic amines) is 1. The molecule has 1 spiro atoms. The second-order valence-electron chi connectivity index (χ2n) is 8.46. The van der Waals surface area contributed by atoms with Gasteiger partial charge >= 0.3 is 12.1 Å². The van der Waals surface area contributed by atoms with Crippen molar-refractivity contribution in [2.24, 2.45) is 0 Å². The minimum absolute atomic E-state index is 0.196. The monoisotopic (exact) mass is 522 g/mol. The average Bonchev–Trinajstić information content (AvgIpc) is 3.60. The molecule has 36 heavy (non-hydrogen) atoms. The number of rotatable bonds is 5. The zero-order valence-corrected chi connectivity index (χ0v) is 20.3. The number of anilines is 1. The second kappa shape index (κ2) is 10.3. The molecular weight excluding hydrogens is 497 g/mol. The standard InChI is InChI=1S/C22H24N4O2S.C2HF3O2/c1-28-12-11-26-18-4-2-8-23-21(18)25-9-3-5-19(25)22(26)7-10-24(16-22)20(27)14-17-6-13-29-15-17;3-2(4,5)1(6)7/h2-6,8-9,13,15H,7,10-12,14,16H2,1H3;(H,6,7). The minimum atomic E-state index is -5.08. The van der Waals surface area contributed by atoms with E-state index in [-0.39, 0.29) is 11.4 Å². The van der Waals surface area contributed by atoms with Gasteiger partial charge in [0.1, 0.15) is 5.54 Å². The lowest BCUT2D eigenvalue weighted by atomic mass is 9.89. The van der Waals surface area contributed by atoms with E-state index in [0.29, 0.717) is 19.6 Å². The summed E-state index contributed by atoms with van der Waals surface area (Å²) in [5.41, 5.74) is 3.13. The molecule has 2 aliphatic heterocycles. The summed E-state index contributed by atoms with van der Waals surface area (Å²) in [6.45, 7) is 2.82. The number of fused-ring (bicyclic) bond motifs is 4. The summed E-state index contributed by atoms with van der Waals surface area (Å²) in [6, 6.07) is 10.4. The van der Waals surface area contributed by atoms with Gasteiger partial charge in [0.05, 0.1) is 24.4 Å². The van der Waals surface area contributed by atoms with Gasteiger partial charge in [-0.1, -0.05) is 0 Å². The Labute approximate surface area is 209 Å². The van der Waals surface area contributed by atoms with Gasteiger partial charge in [0.25, 0.3) is 0 Å². The number of carboxylic acids is 1. The molecular formula is C24H25F3N4O4S. The predicted octanol–water partition coefficient (Wildman–Crippen LogP) is 3.70. The van der Waals surface area contributed by atoms with Crippen LogP contribution >= 0.6 is 11.3 Å². The van der Waals surface area contributed by atoms with E-state index in [9.17, 15) is 18.0 Å². The summed E-state index contributed by atoms with van der Waals surface area (Å²) < 4.78 is 39.4. The molecule has 0 saturated carbocycles. The molecule has 1 fully saturated rings. The van der Waals surface area contributed by atoms with Crippen LogP contribution in [0.3, 0.4) is 0 Å². The Morgan fingerprint density at radius 3 is 2.69 bits per heavy atom. The van der Waals surface area contributed by atoms with Crippen LogP contribution in [0.1, 0.15) is 17.7 Å². The molecule has 0 aliphatic carbocycles. The lowest BCUT2D eigenvalue weighted by molar-refractivity contribution is -0.192. The summed E-state index contributed by atoms with van der Waals surface area (Å²) in [7, 11) is 1.73. The normalized spacial score (nSPS) is 18.4. The molecule has 0 aromatic carbocycles. The summed E-state index contributed by atoms with van der Waals surface area (Å²) >= 11 is 1.64. The third-order valence-electron chi connectivity index (χ3n) is 6.32. The number of alkyl halides is 3.